The first-order valence-electron chi connectivity index (χ1n) is 7.17. The first-order chi connectivity index (χ1) is 10.2. The predicted molar refractivity (Wildman–Crippen MR) is 84.0 cm³/mol. The average molecular weight is 284 g/mol. The third-order valence-corrected chi connectivity index (χ3v) is 3.63. The summed E-state index contributed by atoms with van der Waals surface area (Å²) in [6.45, 7) is 6.16. The summed E-state index contributed by atoms with van der Waals surface area (Å²) in [5, 5.41) is 3.17. The average Bonchev–Trinajstić information content (AvgIpc) is 2.49. The monoisotopic (exact) mass is 284 g/mol. The van der Waals surface area contributed by atoms with E-state index in [1.807, 2.05) is 31.3 Å². The zero-order chi connectivity index (χ0) is 14.7. The van der Waals surface area contributed by atoms with Crippen LogP contribution >= 0.6 is 0 Å². The van der Waals surface area contributed by atoms with Crippen molar-refractivity contribution in [2.24, 2.45) is 0 Å². The van der Waals surface area contributed by atoms with E-state index in [1.54, 1.807) is 6.20 Å². The van der Waals surface area contributed by atoms with Crippen molar-refractivity contribution in [2.45, 2.75) is 6.92 Å². The summed E-state index contributed by atoms with van der Waals surface area (Å²) < 4.78 is 0. The second-order valence-corrected chi connectivity index (χ2v) is 5.34. The van der Waals surface area contributed by atoms with Crippen molar-refractivity contribution in [1.29, 1.82) is 0 Å². The number of aromatic nitrogens is 3. The molecule has 0 radical (unpaired) electrons. The van der Waals surface area contributed by atoms with Gasteiger partial charge in [0.05, 0.1) is 11.9 Å². The highest BCUT2D eigenvalue weighted by atomic mass is 15.3. The molecule has 0 aromatic carbocycles. The van der Waals surface area contributed by atoms with Gasteiger partial charge in [-0.1, -0.05) is 0 Å². The topological polar surface area (TPSA) is 57.2 Å². The van der Waals surface area contributed by atoms with Crippen LogP contribution in [0, 0.1) is 6.92 Å². The maximum absolute atomic E-state index is 4.54. The molecule has 1 aliphatic heterocycles. The number of nitrogens with one attached hydrogen (secondary N) is 1. The number of hydrogen-bond acceptors (Lipinski definition) is 6. The number of aryl methyl sites for hydroxylation is 1. The van der Waals surface area contributed by atoms with Crippen molar-refractivity contribution in [3.05, 3.63) is 36.3 Å². The van der Waals surface area contributed by atoms with Crippen molar-refractivity contribution in [2.75, 3.05) is 43.4 Å². The molecule has 6 heteroatoms. The molecule has 1 saturated heterocycles. The molecular weight excluding hydrogens is 264 g/mol. The quantitative estimate of drug-likeness (QED) is 0.925. The van der Waals surface area contributed by atoms with Gasteiger partial charge in [-0.2, -0.15) is 0 Å². The van der Waals surface area contributed by atoms with Crippen LogP contribution in [-0.4, -0.2) is 53.1 Å². The van der Waals surface area contributed by atoms with E-state index in [9.17, 15) is 0 Å². The van der Waals surface area contributed by atoms with Crippen molar-refractivity contribution >= 4 is 17.5 Å². The lowest BCUT2D eigenvalue weighted by molar-refractivity contribution is 0.312. The zero-order valence-corrected chi connectivity index (χ0v) is 12.5. The summed E-state index contributed by atoms with van der Waals surface area (Å²) in [4.78, 5) is 17.7. The fraction of sp³-hybridized carbons (Fsp3) is 0.400. The molecule has 110 valence electrons. The SMILES string of the molecule is Cc1ccnc(Nc2ccc(N3CCN(C)CC3)nc2)n1. The molecule has 0 bridgehead atoms. The Kier molecular flexibility index (Phi) is 3.96. The third kappa shape index (κ3) is 3.46. The Morgan fingerprint density at radius 3 is 2.52 bits per heavy atom. The van der Waals surface area contributed by atoms with E-state index in [1.165, 1.54) is 0 Å². The van der Waals surface area contributed by atoms with Crippen LogP contribution < -0.4 is 10.2 Å². The molecule has 0 spiro atoms. The molecule has 3 rings (SSSR count). The van der Waals surface area contributed by atoms with Gasteiger partial charge in [0.2, 0.25) is 5.95 Å². The normalized spacial score (nSPS) is 16.0. The molecule has 1 N–H and O–H groups in total. The van der Waals surface area contributed by atoms with Crippen molar-refractivity contribution in [3.63, 3.8) is 0 Å². The molecule has 0 saturated carbocycles. The van der Waals surface area contributed by atoms with E-state index >= 15 is 0 Å². The summed E-state index contributed by atoms with van der Waals surface area (Å²) in [6.07, 6.45) is 3.58. The smallest absolute Gasteiger partial charge is 0.227 e. The van der Waals surface area contributed by atoms with Crippen molar-refractivity contribution in [3.8, 4) is 0 Å². The molecular formula is C15H20N6. The van der Waals surface area contributed by atoms with Crippen LogP contribution in [0.25, 0.3) is 0 Å². The highest BCUT2D eigenvalue weighted by Gasteiger charge is 2.14. The first-order valence-corrected chi connectivity index (χ1v) is 7.17. The number of anilines is 3. The molecule has 1 fully saturated rings. The molecule has 0 unspecified atom stereocenters. The summed E-state index contributed by atoms with van der Waals surface area (Å²) in [7, 11) is 2.15. The minimum Gasteiger partial charge on any atom is -0.354 e. The minimum atomic E-state index is 0.601. The summed E-state index contributed by atoms with van der Waals surface area (Å²) >= 11 is 0. The molecule has 0 amide bonds. The second-order valence-electron chi connectivity index (χ2n) is 5.34. The van der Waals surface area contributed by atoms with Crippen LogP contribution in [0.3, 0.4) is 0 Å². The predicted octanol–water partition coefficient (Wildman–Crippen LogP) is 1.68. The van der Waals surface area contributed by atoms with Gasteiger partial charge in [-0.25, -0.2) is 15.0 Å². The van der Waals surface area contributed by atoms with Gasteiger partial charge in [-0.3, -0.25) is 0 Å². The van der Waals surface area contributed by atoms with Gasteiger partial charge in [-0.15, -0.1) is 0 Å². The van der Waals surface area contributed by atoms with Gasteiger partial charge in [-0.05, 0) is 32.2 Å². The van der Waals surface area contributed by atoms with Crippen LogP contribution in [0.15, 0.2) is 30.6 Å². The summed E-state index contributed by atoms with van der Waals surface area (Å²) in [6, 6.07) is 5.94. The van der Waals surface area contributed by atoms with E-state index in [-0.39, 0.29) is 0 Å². The molecule has 6 nitrogen and oxygen atoms in total. The largest absolute Gasteiger partial charge is 0.354 e. The first kappa shape index (κ1) is 13.8. The number of hydrogen-bond donors (Lipinski definition) is 1. The number of likely N-dealkylation sites (N-methyl/N-ethyl adjacent to an activating group) is 1. The standard InChI is InChI=1S/C15H20N6/c1-12-5-6-16-15(18-12)19-13-3-4-14(17-11-13)21-9-7-20(2)8-10-21/h3-6,11H,7-10H2,1-2H3,(H,16,18,19). The Balaban J connectivity index is 1.66. The Hall–Kier alpha value is -2.21. The van der Waals surface area contributed by atoms with E-state index in [0.29, 0.717) is 5.95 Å². The van der Waals surface area contributed by atoms with E-state index in [4.69, 9.17) is 0 Å². The van der Waals surface area contributed by atoms with Crippen molar-refractivity contribution < 1.29 is 0 Å². The van der Waals surface area contributed by atoms with Gasteiger partial charge in [0.1, 0.15) is 5.82 Å². The maximum Gasteiger partial charge on any atom is 0.227 e. The Labute approximate surface area is 124 Å². The third-order valence-electron chi connectivity index (χ3n) is 3.63. The summed E-state index contributed by atoms with van der Waals surface area (Å²) in [5.41, 5.74) is 1.84. The minimum absolute atomic E-state index is 0.601. The van der Waals surface area contributed by atoms with Gasteiger partial charge in [0.25, 0.3) is 0 Å². The molecule has 2 aromatic heterocycles. The van der Waals surface area contributed by atoms with Crippen LogP contribution in [0.5, 0.6) is 0 Å². The van der Waals surface area contributed by atoms with Crippen LogP contribution in [0.4, 0.5) is 17.5 Å². The Bertz CT molecular complexity index is 589. The lowest BCUT2D eigenvalue weighted by Gasteiger charge is -2.33. The number of piperazine rings is 1. The maximum atomic E-state index is 4.54. The summed E-state index contributed by atoms with van der Waals surface area (Å²) in [5.74, 6) is 1.63. The lowest BCUT2D eigenvalue weighted by atomic mass is 10.3. The molecule has 0 aliphatic carbocycles. The Morgan fingerprint density at radius 2 is 1.86 bits per heavy atom. The van der Waals surface area contributed by atoms with Crippen LogP contribution in [-0.2, 0) is 0 Å². The highest BCUT2D eigenvalue weighted by molar-refractivity contribution is 5.55. The number of nitrogens with zero attached hydrogens (tertiary/aromatic N) is 5. The number of rotatable bonds is 3. The second kappa shape index (κ2) is 6.05. The zero-order valence-electron chi connectivity index (χ0n) is 12.5. The van der Waals surface area contributed by atoms with E-state index < -0.39 is 0 Å². The molecule has 2 aromatic rings. The highest BCUT2D eigenvalue weighted by Crippen LogP contribution is 2.17. The number of pyridine rings is 1. The van der Waals surface area contributed by atoms with E-state index in [2.05, 4.69) is 37.1 Å². The van der Waals surface area contributed by atoms with E-state index in [0.717, 1.165) is 43.4 Å². The molecule has 3 heterocycles. The van der Waals surface area contributed by atoms with Crippen LogP contribution in [0.1, 0.15) is 5.69 Å². The Morgan fingerprint density at radius 1 is 1.05 bits per heavy atom. The van der Waals surface area contributed by atoms with Gasteiger partial charge in [0.15, 0.2) is 0 Å². The van der Waals surface area contributed by atoms with Gasteiger partial charge < -0.3 is 15.1 Å². The fourth-order valence-electron chi connectivity index (χ4n) is 2.32. The lowest BCUT2D eigenvalue weighted by Crippen LogP contribution is -2.44. The molecule has 21 heavy (non-hydrogen) atoms. The van der Waals surface area contributed by atoms with Crippen LogP contribution in [0.2, 0.25) is 0 Å². The van der Waals surface area contributed by atoms with Crippen molar-refractivity contribution in [1.82, 2.24) is 19.9 Å². The fourth-order valence-corrected chi connectivity index (χ4v) is 2.32. The molecule has 1 aliphatic rings. The van der Waals surface area contributed by atoms with Gasteiger partial charge in [0, 0.05) is 38.1 Å². The molecule has 0 atom stereocenters. The van der Waals surface area contributed by atoms with Gasteiger partial charge >= 0.3 is 0 Å².